The van der Waals surface area contributed by atoms with Gasteiger partial charge in [-0.15, -0.1) is 0 Å². The van der Waals surface area contributed by atoms with Crippen molar-refractivity contribution in [2.24, 2.45) is 0 Å². The summed E-state index contributed by atoms with van der Waals surface area (Å²) in [6.07, 6.45) is 7.52. The lowest BCUT2D eigenvalue weighted by molar-refractivity contribution is -0.119. The Morgan fingerprint density at radius 2 is 1.85 bits per heavy atom. The van der Waals surface area contributed by atoms with Crippen LogP contribution in [0.2, 0.25) is 0 Å². The van der Waals surface area contributed by atoms with Crippen molar-refractivity contribution in [3.8, 4) is 0 Å². The number of hydrogen-bond acceptors (Lipinski definition) is 3. The van der Waals surface area contributed by atoms with Crippen LogP contribution in [-0.4, -0.2) is 15.3 Å². The van der Waals surface area contributed by atoms with Gasteiger partial charge in [0.15, 0.2) is 0 Å². The second-order valence-electron chi connectivity index (χ2n) is 7.65. The second-order valence-corrected chi connectivity index (χ2v) is 7.65. The van der Waals surface area contributed by atoms with E-state index in [1.165, 1.54) is 22.4 Å². The predicted octanol–water partition coefficient (Wildman–Crippen LogP) is 3.98. The van der Waals surface area contributed by atoms with E-state index < -0.39 is 0 Å². The van der Waals surface area contributed by atoms with Crippen LogP contribution in [0, 0.1) is 6.92 Å². The Morgan fingerprint density at radius 3 is 2.59 bits per heavy atom. The SMILES string of the molecule is CCCCn1c2c(c(CCC(=O)CCc3ccc(C)cc3)nc1=O)CCC2. The van der Waals surface area contributed by atoms with Crippen molar-refractivity contribution in [1.29, 1.82) is 0 Å². The molecule has 0 spiro atoms. The Hall–Kier alpha value is -2.23. The van der Waals surface area contributed by atoms with Crippen LogP contribution in [0.15, 0.2) is 29.1 Å². The molecular formula is C23H30N2O2. The third kappa shape index (κ3) is 4.94. The molecule has 144 valence electrons. The number of Topliss-reactive ketones (excluding diaryl/α,β-unsaturated/α-hetero) is 1. The largest absolute Gasteiger partial charge is 0.347 e. The third-order valence-corrected chi connectivity index (χ3v) is 5.51. The van der Waals surface area contributed by atoms with Gasteiger partial charge in [0.2, 0.25) is 0 Å². The summed E-state index contributed by atoms with van der Waals surface area (Å²) in [7, 11) is 0. The van der Waals surface area contributed by atoms with Crippen molar-refractivity contribution in [1.82, 2.24) is 9.55 Å². The monoisotopic (exact) mass is 366 g/mol. The highest BCUT2D eigenvalue weighted by atomic mass is 16.1. The fourth-order valence-corrected chi connectivity index (χ4v) is 3.87. The Balaban J connectivity index is 1.61. The lowest BCUT2D eigenvalue weighted by atomic mass is 10.0. The number of fused-ring (bicyclic) bond motifs is 1. The highest BCUT2D eigenvalue weighted by molar-refractivity contribution is 5.78. The van der Waals surface area contributed by atoms with E-state index in [4.69, 9.17) is 0 Å². The first-order valence-corrected chi connectivity index (χ1v) is 10.3. The number of hydrogen-bond donors (Lipinski definition) is 0. The number of unbranched alkanes of at least 4 members (excludes halogenated alkanes) is 1. The van der Waals surface area contributed by atoms with Crippen molar-refractivity contribution in [3.05, 3.63) is 62.8 Å². The minimum Gasteiger partial charge on any atom is -0.300 e. The molecule has 1 aliphatic carbocycles. The zero-order valence-corrected chi connectivity index (χ0v) is 16.6. The molecular weight excluding hydrogens is 336 g/mol. The van der Waals surface area contributed by atoms with Gasteiger partial charge in [0.05, 0.1) is 5.69 Å². The topological polar surface area (TPSA) is 52.0 Å². The van der Waals surface area contributed by atoms with Gasteiger partial charge in [0, 0.05) is 25.1 Å². The summed E-state index contributed by atoms with van der Waals surface area (Å²) in [6.45, 7) is 4.96. The molecule has 1 aromatic heterocycles. The Morgan fingerprint density at radius 1 is 1.11 bits per heavy atom. The molecule has 0 amide bonds. The van der Waals surface area contributed by atoms with Crippen LogP contribution >= 0.6 is 0 Å². The molecule has 0 aliphatic heterocycles. The van der Waals surface area contributed by atoms with Crippen LogP contribution in [0.5, 0.6) is 0 Å². The summed E-state index contributed by atoms with van der Waals surface area (Å²) in [5.74, 6) is 0.249. The third-order valence-electron chi connectivity index (χ3n) is 5.51. The summed E-state index contributed by atoms with van der Waals surface area (Å²) in [6, 6.07) is 8.35. The number of aromatic nitrogens is 2. The smallest absolute Gasteiger partial charge is 0.300 e. The number of carbonyl (C=O) groups is 1. The molecule has 1 aromatic carbocycles. The molecule has 4 nitrogen and oxygen atoms in total. The summed E-state index contributed by atoms with van der Waals surface area (Å²) >= 11 is 0. The van der Waals surface area contributed by atoms with E-state index >= 15 is 0 Å². The Labute approximate surface area is 161 Å². The zero-order valence-electron chi connectivity index (χ0n) is 16.6. The molecule has 1 heterocycles. The highest BCUT2D eigenvalue weighted by Crippen LogP contribution is 2.24. The summed E-state index contributed by atoms with van der Waals surface area (Å²) in [4.78, 5) is 29.1. The predicted molar refractivity (Wildman–Crippen MR) is 108 cm³/mol. The highest BCUT2D eigenvalue weighted by Gasteiger charge is 2.21. The Bertz CT molecular complexity index is 850. The van der Waals surface area contributed by atoms with E-state index in [-0.39, 0.29) is 11.5 Å². The van der Waals surface area contributed by atoms with Gasteiger partial charge < -0.3 is 0 Å². The lowest BCUT2D eigenvalue weighted by Gasteiger charge is -2.14. The molecule has 1 aliphatic rings. The summed E-state index contributed by atoms with van der Waals surface area (Å²) < 4.78 is 1.87. The number of carbonyl (C=O) groups excluding carboxylic acids is 1. The molecule has 0 N–H and O–H groups in total. The van der Waals surface area contributed by atoms with Gasteiger partial charge in [-0.05, 0) is 56.6 Å². The number of nitrogens with zero attached hydrogens (tertiary/aromatic N) is 2. The lowest BCUT2D eigenvalue weighted by Crippen LogP contribution is -2.28. The maximum absolute atomic E-state index is 12.5. The molecule has 0 atom stereocenters. The molecule has 0 saturated heterocycles. The Kier molecular flexibility index (Phi) is 6.59. The van der Waals surface area contributed by atoms with E-state index in [2.05, 4.69) is 43.1 Å². The first-order valence-electron chi connectivity index (χ1n) is 10.3. The van der Waals surface area contributed by atoms with Crippen LogP contribution in [0.25, 0.3) is 0 Å². The molecule has 0 bridgehead atoms. The van der Waals surface area contributed by atoms with Crippen LogP contribution in [-0.2, 0) is 37.0 Å². The molecule has 0 saturated carbocycles. The quantitative estimate of drug-likeness (QED) is 0.675. The average molecular weight is 367 g/mol. The molecule has 0 fully saturated rings. The average Bonchev–Trinajstić information content (AvgIpc) is 3.15. The van der Waals surface area contributed by atoms with Crippen molar-refractivity contribution in [2.45, 2.75) is 78.2 Å². The zero-order chi connectivity index (χ0) is 19.2. The molecule has 4 heteroatoms. The molecule has 0 unspecified atom stereocenters. The standard InChI is InChI=1S/C23H30N2O2/c1-3-4-16-25-22-7-5-6-20(22)21(24-23(25)27)15-14-19(26)13-12-18-10-8-17(2)9-11-18/h8-11H,3-7,12-16H2,1-2H3. The van der Waals surface area contributed by atoms with Gasteiger partial charge in [-0.1, -0.05) is 43.2 Å². The van der Waals surface area contributed by atoms with Crippen molar-refractivity contribution in [3.63, 3.8) is 0 Å². The minimum absolute atomic E-state index is 0.133. The van der Waals surface area contributed by atoms with Crippen molar-refractivity contribution < 1.29 is 4.79 Å². The van der Waals surface area contributed by atoms with Gasteiger partial charge in [-0.2, -0.15) is 4.98 Å². The van der Waals surface area contributed by atoms with E-state index in [0.717, 1.165) is 50.8 Å². The van der Waals surface area contributed by atoms with Gasteiger partial charge in [0.1, 0.15) is 5.78 Å². The van der Waals surface area contributed by atoms with Crippen LogP contribution in [0.4, 0.5) is 0 Å². The normalized spacial score (nSPS) is 13.0. The van der Waals surface area contributed by atoms with E-state index in [0.29, 0.717) is 19.3 Å². The van der Waals surface area contributed by atoms with Gasteiger partial charge in [0.25, 0.3) is 0 Å². The first kappa shape index (κ1) is 19.5. The van der Waals surface area contributed by atoms with Crippen LogP contribution < -0.4 is 5.69 Å². The van der Waals surface area contributed by atoms with Gasteiger partial charge in [-0.25, -0.2) is 4.79 Å². The fraction of sp³-hybridized carbons (Fsp3) is 0.522. The van der Waals surface area contributed by atoms with Gasteiger partial charge in [-0.3, -0.25) is 9.36 Å². The number of benzene rings is 1. The van der Waals surface area contributed by atoms with Crippen molar-refractivity contribution >= 4 is 5.78 Å². The summed E-state index contributed by atoms with van der Waals surface area (Å²) in [5.41, 5.74) is 5.57. The maximum atomic E-state index is 12.5. The molecule has 2 aromatic rings. The van der Waals surface area contributed by atoms with Crippen LogP contribution in [0.1, 0.15) is 67.1 Å². The van der Waals surface area contributed by atoms with Gasteiger partial charge >= 0.3 is 5.69 Å². The number of rotatable bonds is 9. The summed E-state index contributed by atoms with van der Waals surface area (Å²) in [5, 5.41) is 0. The number of aryl methyl sites for hydroxylation is 3. The van der Waals surface area contributed by atoms with E-state index in [1.54, 1.807) is 0 Å². The maximum Gasteiger partial charge on any atom is 0.347 e. The van der Waals surface area contributed by atoms with Crippen LogP contribution in [0.3, 0.4) is 0 Å². The molecule has 0 radical (unpaired) electrons. The first-order chi connectivity index (χ1) is 13.1. The fourth-order valence-electron chi connectivity index (χ4n) is 3.87. The second kappa shape index (κ2) is 9.12. The van der Waals surface area contributed by atoms with E-state index in [1.807, 2.05) is 4.57 Å². The van der Waals surface area contributed by atoms with E-state index in [9.17, 15) is 9.59 Å². The molecule has 27 heavy (non-hydrogen) atoms. The molecule has 3 rings (SSSR count). The number of ketones is 1. The van der Waals surface area contributed by atoms with Crippen molar-refractivity contribution in [2.75, 3.05) is 0 Å². The minimum atomic E-state index is -0.133.